The molecule has 29 heavy (non-hydrogen) atoms. The van der Waals surface area contributed by atoms with Crippen molar-refractivity contribution in [3.05, 3.63) is 41.2 Å². The zero-order valence-corrected chi connectivity index (χ0v) is 18.0. The van der Waals surface area contributed by atoms with Crippen LogP contribution in [0.4, 0.5) is 0 Å². The summed E-state index contributed by atoms with van der Waals surface area (Å²) >= 11 is 0. The van der Waals surface area contributed by atoms with Crippen molar-refractivity contribution in [1.82, 2.24) is 14.7 Å². The molecule has 0 unspecified atom stereocenters. The fourth-order valence-electron chi connectivity index (χ4n) is 5.25. The number of hydrogen-bond acceptors (Lipinski definition) is 3. The Labute approximate surface area is 174 Å². The van der Waals surface area contributed by atoms with Gasteiger partial charge in [-0.25, -0.2) is 4.68 Å². The van der Waals surface area contributed by atoms with Gasteiger partial charge in [-0.05, 0) is 62.6 Å². The van der Waals surface area contributed by atoms with Gasteiger partial charge in [-0.1, -0.05) is 25.3 Å². The highest BCUT2D eigenvalue weighted by Crippen LogP contribution is 2.36. The molecule has 1 aromatic heterocycles. The van der Waals surface area contributed by atoms with Crippen molar-refractivity contribution in [3.63, 3.8) is 0 Å². The van der Waals surface area contributed by atoms with Gasteiger partial charge in [0.2, 0.25) is 5.91 Å². The first kappa shape index (κ1) is 20.0. The molecule has 0 bridgehead atoms. The summed E-state index contributed by atoms with van der Waals surface area (Å²) in [5, 5.41) is 4.74. The van der Waals surface area contributed by atoms with Gasteiger partial charge in [-0.15, -0.1) is 0 Å². The van der Waals surface area contributed by atoms with Gasteiger partial charge in [0.15, 0.2) is 0 Å². The molecule has 0 radical (unpaired) electrons. The Bertz CT molecular complexity index is 873. The highest BCUT2D eigenvalue weighted by atomic mass is 16.5. The number of aryl methyl sites for hydroxylation is 1. The molecule has 5 nitrogen and oxygen atoms in total. The lowest BCUT2D eigenvalue weighted by Gasteiger charge is -2.41. The molecule has 1 saturated heterocycles. The van der Waals surface area contributed by atoms with Gasteiger partial charge >= 0.3 is 0 Å². The molecular formula is C24H33N3O2. The van der Waals surface area contributed by atoms with Gasteiger partial charge in [0.1, 0.15) is 5.75 Å². The first-order valence-corrected chi connectivity index (χ1v) is 11.0. The van der Waals surface area contributed by atoms with Crippen LogP contribution in [0.25, 0.3) is 5.69 Å². The first-order chi connectivity index (χ1) is 14.1. The number of aromatic nitrogens is 2. The van der Waals surface area contributed by atoms with E-state index in [9.17, 15) is 4.79 Å². The Balaban J connectivity index is 1.42. The minimum Gasteiger partial charge on any atom is -0.497 e. The summed E-state index contributed by atoms with van der Waals surface area (Å²) in [5.41, 5.74) is 4.29. The second kappa shape index (κ2) is 8.60. The maximum atomic E-state index is 12.9. The van der Waals surface area contributed by atoms with Crippen LogP contribution in [0.15, 0.2) is 24.3 Å². The van der Waals surface area contributed by atoms with Crippen molar-refractivity contribution in [1.29, 1.82) is 0 Å². The average molecular weight is 396 g/mol. The lowest BCUT2D eigenvalue weighted by Crippen LogP contribution is -2.44. The van der Waals surface area contributed by atoms with Crippen LogP contribution in [0.5, 0.6) is 5.75 Å². The standard InChI is InChI=1S/C24H33N3O2/c1-17-23(18(2)27(25-17)21-9-6-10-22(15-21)29-3)11-12-24(28)26-14-13-19-7-4-5-8-20(19)16-26/h6,9-10,15,19-20H,4-5,7-8,11-14,16H2,1-3H3/t19-,20+/m1/s1. The van der Waals surface area contributed by atoms with E-state index in [4.69, 9.17) is 9.84 Å². The van der Waals surface area contributed by atoms with Crippen molar-refractivity contribution in [3.8, 4) is 11.4 Å². The molecule has 1 saturated carbocycles. The van der Waals surface area contributed by atoms with Crippen LogP contribution < -0.4 is 4.74 Å². The van der Waals surface area contributed by atoms with E-state index in [0.717, 1.165) is 54.2 Å². The van der Waals surface area contributed by atoms with Crippen LogP contribution in [0.1, 0.15) is 55.5 Å². The zero-order chi connectivity index (χ0) is 20.4. The van der Waals surface area contributed by atoms with Crippen LogP contribution in [0.3, 0.4) is 0 Å². The number of fused-ring (bicyclic) bond motifs is 1. The predicted octanol–water partition coefficient (Wildman–Crippen LogP) is 4.47. The van der Waals surface area contributed by atoms with E-state index in [2.05, 4.69) is 11.8 Å². The van der Waals surface area contributed by atoms with Gasteiger partial charge in [0.25, 0.3) is 0 Å². The number of rotatable bonds is 5. The van der Waals surface area contributed by atoms with Crippen molar-refractivity contribution in [2.75, 3.05) is 20.2 Å². The maximum absolute atomic E-state index is 12.9. The van der Waals surface area contributed by atoms with Gasteiger partial charge in [0.05, 0.1) is 18.5 Å². The van der Waals surface area contributed by atoms with E-state index in [1.807, 2.05) is 35.9 Å². The molecule has 1 aliphatic heterocycles. The van der Waals surface area contributed by atoms with Gasteiger partial charge in [-0.3, -0.25) is 4.79 Å². The number of hydrogen-bond donors (Lipinski definition) is 0. The maximum Gasteiger partial charge on any atom is 0.222 e. The molecule has 0 spiro atoms. The minimum absolute atomic E-state index is 0.307. The molecule has 2 aliphatic rings. The molecule has 0 N–H and O–H groups in total. The summed E-state index contributed by atoms with van der Waals surface area (Å²) in [6.45, 7) is 6.05. The van der Waals surface area contributed by atoms with Crippen molar-refractivity contribution < 1.29 is 9.53 Å². The Morgan fingerprint density at radius 2 is 1.97 bits per heavy atom. The number of methoxy groups -OCH3 is 1. The number of amides is 1. The third-order valence-electron chi connectivity index (χ3n) is 6.97. The minimum atomic E-state index is 0.307. The molecular weight excluding hydrogens is 362 g/mol. The van der Waals surface area contributed by atoms with Crippen molar-refractivity contribution in [2.45, 2.75) is 58.8 Å². The van der Waals surface area contributed by atoms with E-state index >= 15 is 0 Å². The summed E-state index contributed by atoms with van der Waals surface area (Å²) in [7, 11) is 1.67. The second-order valence-corrected chi connectivity index (χ2v) is 8.70. The molecule has 156 valence electrons. The van der Waals surface area contributed by atoms with Crippen LogP contribution >= 0.6 is 0 Å². The molecule has 4 rings (SSSR count). The number of carbonyl (C=O) groups excluding carboxylic acids is 1. The Kier molecular flexibility index (Phi) is 5.93. The highest BCUT2D eigenvalue weighted by Gasteiger charge is 2.32. The van der Waals surface area contributed by atoms with E-state index in [-0.39, 0.29) is 0 Å². The predicted molar refractivity (Wildman–Crippen MR) is 115 cm³/mol. The Morgan fingerprint density at radius 3 is 2.76 bits per heavy atom. The van der Waals surface area contributed by atoms with Gasteiger partial charge < -0.3 is 9.64 Å². The van der Waals surface area contributed by atoms with E-state index in [1.165, 1.54) is 37.7 Å². The average Bonchev–Trinajstić information content (AvgIpc) is 3.05. The Hall–Kier alpha value is -2.30. The number of nitrogens with zero attached hydrogens (tertiary/aromatic N) is 3. The Morgan fingerprint density at radius 1 is 1.17 bits per heavy atom. The fraction of sp³-hybridized carbons (Fsp3) is 0.583. The lowest BCUT2D eigenvalue weighted by atomic mass is 9.75. The monoisotopic (exact) mass is 395 g/mol. The summed E-state index contributed by atoms with van der Waals surface area (Å²) in [4.78, 5) is 15.0. The summed E-state index contributed by atoms with van der Waals surface area (Å²) in [5.74, 6) is 2.72. The lowest BCUT2D eigenvalue weighted by molar-refractivity contribution is -0.134. The molecule has 5 heteroatoms. The summed E-state index contributed by atoms with van der Waals surface area (Å²) in [6.07, 6.45) is 7.92. The fourth-order valence-corrected chi connectivity index (χ4v) is 5.25. The van der Waals surface area contributed by atoms with E-state index in [1.54, 1.807) is 7.11 Å². The van der Waals surface area contributed by atoms with Gasteiger partial charge in [0, 0.05) is 31.3 Å². The number of benzene rings is 1. The van der Waals surface area contributed by atoms with Gasteiger partial charge in [-0.2, -0.15) is 5.10 Å². The SMILES string of the molecule is COc1cccc(-n2nc(C)c(CCC(=O)N3CC[C@H]4CCCC[C@H]4C3)c2C)c1. The summed E-state index contributed by atoms with van der Waals surface area (Å²) in [6, 6.07) is 7.93. The molecule has 2 aromatic rings. The molecule has 2 heterocycles. The highest BCUT2D eigenvalue weighted by molar-refractivity contribution is 5.76. The number of likely N-dealkylation sites (tertiary alicyclic amines) is 1. The smallest absolute Gasteiger partial charge is 0.222 e. The van der Waals surface area contributed by atoms with E-state index in [0.29, 0.717) is 12.3 Å². The van der Waals surface area contributed by atoms with Crippen LogP contribution in [-0.2, 0) is 11.2 Å². The first-order valence-electron chi connectivity index (χ1n) is 11.0. The quantitative estimate of drug-likeness (QED) is 0.750. The van der Waals surface area contributed by atoms with Crippen LogP contribution in [0, 0.1) is 25.7 Å². The molecule has 1 aromatic carbocycles. The molecule has 2 atom stereocenters. The third-order valence-corrected chi connectivity index (χ3v) is 6.97. The number of carbonyl (C=O) groups is 1. The summed E-state index contributed by atoms with van der Waals surface area (Å²) < 4.78 is 7.31. The molecule has 1 aliphatic carbocycles. The normalized spacial score (nSPS) is 21.7. The zero-order valence-electron chi connectivity index (χ0n) is 18.0. The van der Waals surface area contributed by atoms with Crippen LogP contribution in [-0.4, -0.2) is 40.8 Å². The number of piperidine rings is 1. The second-order valence-electron chi connectivity index (χ2n) is 8.70. The van der Waals surface area contributed by atoms with Crippen LogP contribution in [0.2, 0.25) is 0 Å². The topological polar surface area (TPSA) is 47.4 Å². The van der Waals surface area contributed by atoms with Crippen molar-refractivity contribution in [2.24, 2.45) is 11.8 Å². The van der Waals surface area contributed by atoms with Crippen molar-refractivity contribution >= 4 is 5.91 Å². The molecule has 2 fully saturated rings. The largest absolute Gasteiger partial charge is 0.497 e. The van der Waals surface area contributed by atoms with E-state index < -0.39 is 0 Å². The molecule has 1 amide bonds. The third kappa shape index (κ3) is 4.19. The number of ether oxygens (including phenoxy) is 1.